The normalized spacial score (nSPS) is 14.4. The second-order valence-corrected chi connectivity index (χ2v) is 8.29. The molecule has 0 amide bonds. The molecule has 0 unspecified atom stereocenters. The molecule has 0 aliphatic heterocycles. The molecule has 1 aromatic heterocycles. The van der Waals surface area contributed by atoms with Crippen molar-refractivity contribution in [3.05, 3.63) is 53.6 Å². The maximum atomic E-state index is 12.7. The van der Waals surface area contributed by atoms with Crippen LogP contribution in [0.3, 0.4) is 0 Å². The van der Waals surface area contributed by atoms with Gasteiger partial charge in [-0.15, -0.1) is 5.10 Å². The van der Waals surface area contributed by atoms with Gasteiger partial charge in [-0.2, -0.15) is 0 Å². The molecule has 3 aromatic rings. The Kier molecular flexibility index (Phi) is 3.99. The van der Waals surface area contributed by atoms with Crippen molar-refractivity contribution < 1.29 is 8.42 Å². The number of nitrogens with one attached hydrogen (secondary N) is 1. The Balaban J connectivity index is 1.64. The predicted octanol–water partition coefficient (Wildman–Crippen LogP) is 3.09. The molecule has 8 heteroatoms. The molecule has 4 rings (SSSR count). The van der Waals surface area contributed by atoms with E-state index in [0.717, 1.165) is 29.5 Å². The fraction of sp³-hybridized carbons (Fsp3) is 0.278. The highest BCUT2D eigenvalue weighted by Gasteiger charge is 2.28. The van der Waals surface area contributed by atoms with Crippen LogP contribution in [0.4, 0.5) is 5.69 Å². The van der Waals surface area contributed by atoms with Gasteiger partial charge in [0.25, 0.3) is 10.0 Å². The summed E-state index contributed by atoms with van der Waals surface area (Å²) >= 11 is 0. The van der Waals surface area contributed by atoms with Gasteiger partial charge in [0.05, 0.1) is 10.9 Å². The third-order valence-corrected chi connectivity index (χ3v) is 5.93. The first-order valence-corrected chi connectivity index (χ1v) is 9.91. The van der Waals surface area contributed by atoms with Crippen molar-refractivity contribution in [2.24, 2.45) is 0 Å². The third kappa shape index (κ3) is 3.20. The molecular weight excluding hydrogens is 350 g/mol. The number of hydrogen-bond donors (Lipinski definition) is 1. The second kappa shape index (κ2) is 6.21. The SMILES string of the molecule is Cc1ccc(S(=O)(=O)Nc2cccc(-c3nnnn3C3CC3)c2)cc1C. The van der Waals surface area contributed by atoms with Crippen molar-refractivity contribution in [2.45, 2.75) is 37.6 Å². The van der Waals surface area contributed by atoms with E-state index in [4.69, 9.17) is 0 Å². The van der Waals surface area contributed by atoms with Gasteiger partial charge in [0.2, 0.25) is 0 Å². The number of benzene rings is 2. The molecule has 1 saturated carbocycles. The van der Waals surface area contributed by atoms with Gasteiger partial charge in [-0.05, 0) is 72.5 Å². The van der Waals surface area contributed by atoms with Crippen LogP contribution >= 0.6 is 0 Å². The average molecular weight is 369 g/mol. The Bertz CT molecular complexity index is 1070. The molecule has 0 spiro atoms. The van der Waals surface area contributed by atoms with Gasteiger partial charge in [0.15, 0.2) is 5.82 Å². The van der Waals surface area contributed by atoms with Crippen molar-refractivity contribution in [3.8, 4) is 11.4 Å². The summed E-state index contributed by atoms with van der Waals surface area (Å²) in [6, 6.07) is 12.6. The molecule has 1 heterocycles. The summed E-state index contributed by atoms with van der Waals surface area (Å²) < 4.78 is 29.8. The van der Waals surface area contributed by atoms with E-state index in [1.165, 1.54) is 0 Å². The van der Waals surface area contributed by atoms with E-state index in [1.54, 1.807) is 35.0 Å². The zero-order valence-electron chi connectivity index (χ0n) is 14.5. The van der Waals surface area contributed by atoms with Gasteiger partial charge in [-0.1, -0.05) is 18.2 Å². The Morgan fingerprint density at radius 1 is 1.08 bits per heavy atom. The Hall–Kier alpha value is -2.74. The third-order valence-electron chi connectivity index (χ3n) is 4.55. The summed E-state index contributed by atoms with van der Waals surface area (Å²) in [5.74, 6) is 0.653. The van der Waals surface area contributed by atoms with Crippen LogP contribution in [0.25, 0.3) is 11.4 Å². The van der Waals surface area contributed by atoms with Crippen LogP contribution in [0.2, 0.25) is 0 Å². The molecule has 134 valence electrons. The maximum Gasteiger partial charge on any atom is 0.261 e. The van der Waals surface area contributed by atoms with Gasteiger partial charge < -0.3 is 0 Å². The quantitative estimate of drug-likeness (QED) is 0.746. The highest BCUT2D eigenvalue weighted by atomic mass is 32.2. The van der Waals surface area contributed by atoms with Crippen LogP contribution in [0.15, 0.2) is 47.4 Å². The number of tetrazole rings is 1. The van der Waals surface area contributed by atoms with Crippen LogP contribution in [0.5, 0.6) is 0 Å². The van der Waals surface area contributed by atoms with Crippen molar-refractivity contribution in [1.82, 2.24) is 20.2 Å². The largest absolute Gasteiger partial charge is 0.280 e. The van der Waals surface area contributed by atoms with Crippen molar-refractivity contribution in [3.63, 3.8) is 0 Å². The molecule has 26 heavy (non-hydrogen) atoms. The first kappa shape index (κ1) is 16.7. The number of rotatable bonds is 5. The van der Waals surface area contributed by atoms with E-state index in [0.29, 0.717) is 17.6 Å². The summed E-state index contributed by atoms with van der Waals surface area (Å²) in [4.78, 5) is 0.244. The maximum absolute atomic E-state index is 12.7. The molecule has 1 fully saturated rings. The van der Waals surface area contributed by atoms with E-state index in [-0.39, 0.29) is 4.90 Å². The van der Waals surface area contributed by atoms with E-state index in [2.05, 4.69) is 20.2 Å². The molecule has 2 aromatic carbocycles. The predicted molar refractivity (Wildman–Crippen MR) is 98.2 cm³/mol. The zero-order chi connectivity index (χ0) is 18.3. The van der Waals surface area contributed by atoms with Gasteiger partial charge in [-0.3, -0.25) is 4.72 Å². The summed E-state index contributed by atoms with van der Waals surface area (Å²) in [5, 5.41) is 11.9. The van der Waals surface area contributed by atoms with Crippen LogP contribution in [-0.2, 0) is 10.0 Å². The standard InChI is InChI=1S/C18H19N5O2S/c1-12-6-9-17(10-13(12)2)26(24,25)20-15-5-3-4-14(11-15)18-19-21-22-23(18)16-7-8-16/h3-6,9-11,16,20H,7-8H2,1-2H3. The van der Waals surface area contributed by atoms with Crippen LogP contribution < -0.4 is 4.72 Å². The summed E-state index contributed by atoms with van der Waals surface area (Å²) in [6.07, 6.45) is 2.13. The topological polar surface area (TPSA) is 89.8 Å². The molecule has 0 atom stereocenters. The Labute approximate surface area is 152 Å². The van der Waals surface area contributed by atoms with E-state index in [9.17, 15) is 8.42 Å². The molecule has 0 radical (unpaired) electrons. The minimum absolute atomic E-state index is 0.244. The molecule has 0 saturated heterocycles. The number of aryl methyl sites for hydroxylation is 2. The zero-order valence-corrected chi connectivity index (χ0v) is 15.4. The van der Waals surface area contributed by atoms with Gasteiger partial charge in [-0.25, -0.2) is 13.1 Å². The lowest BCUT2D eigenvalue weighted by Crippen LogP contribution is -2.13. The summed E-state index contributed by atoms with van der Waals surface area (Å²) in [5.41, 5.74) is 3.25. The van der Waals surface area contributed by atoms with Gasteiger partial charge >= 0.3 is 0 Å². The van der Waals surface area contributed by atoms with Crippen LogP contribution in [-0.4, -0.2) is 28.6 Å². The van der Waals surface area contributed by atoms with E-state index < -0.39 is 10.0 Å². The smallest absolute Gasteiger partial charge is 0.261 e. The molecule has 7 nitrogen and oxygen atoms in total. The van der Waals surface area contributed by atoms with E-state index in [1.807, 2.05) is 26.0 Å². The fourth-order valence-corrected chi connectivity index (χ4v) is 3.90. The van der Waals surface area contributed by atoms with Crippen molar-refractivity contribution in [1.29, 1.82) is 0 Å². The highest BCUT2D eigenvalue weighted by molar-refractivity contribution is 7.92. The van der Waals surface area contributed by atoms with E-state index >= 15 is 0 Å². The Morgan fingerprint density at radius 2 is 1.88 bits per heavy atom. The van der Waals surface area contributed by atoms with Gasteiger partial charge in [0, 0.05) is 11.3 Å². The van der Waals surface area contributed by atoms with Crippen LogP contribution in [0.1, 0.15) is 30.0 Å². The highest BCUT2D eigenvalue weighted by Crippen LogP contribution is 2.36. The second-order valence-electron chi connectivity index (χ2n) is 6.61. The summed E-state index contributed by atoms with van der Waals surface area (Å²) in [6.45, 7) is 3.85. The monoisotopic (exact) mass is 369 g/mol. The number of nitrogens with zero attached hydrogens (tertiary/aromatic N) is 4. The van der Waals surface area contributed by atoms with Crippen molar-refractivity contribution >= 4 is 15.7 Å². The van der Waals surface area contributed by atoms with Gasteiger partial charge in [0.1, 0.15) is 0 Å². The first-order valence-electron chi connectivity index (χ1n) is 8.42. The lowest BCUT2D eigenvalue weighted by atomic mass is 10.1. The molecule has 0 bridgehead atoms. The molecule has 1 aliphatic carbocycles. The number of aromatic nitrogens is 4. The minimum atomic E-state index is -3.66. The molecular formula is C18H19N5O2S. The number of sulfonamides is 1. The fourth-order valence-electron chi connectivity index (χ4n) is 2.77. The summed E-state index contributed by atoms with van der Waals surface area (Å²) in [7, 11) is -3.66. The number of anilines is 1. The Morgan fingerprint density at radius 3 is 2.62 bits per heavy atom. The van der Waals surface area contributed by atoms with Crippen molar-refractivity contribution in [2.75, 3.05) is 4.72 Å². The molecule has 1 N–H and O–H groups in total. The first-order chi connectivity index (χ1) is 12.4. The molecule has 1 aliphatic rings. The average Bonchev–Trinajstić information content (AvgIpc) is 3.33. The minimum Gasteiger partial charge on any atom is -0.280 e. The lowest BCUT2D eigenvalue weighted by Gasteiger charge is -2.11. The number of hydrogen-bond acceptors (Lipinski definition) is 5. The van der Waals surface area contributed by atoms with Crippen LogP contribution in [0, 0.1) is 13.8 Å². The lowest BCUT2D eigenvalue weighted by molar-refractivity contribution is 0.601.